The lowest BCUT2D eigenvalue weighted by Gasteiger charge is -2.39. The molecule has 0 radical (unpaired) electrons. The lowest BCUT2D eigenvalue weighted by atomic mass is 10.1. The third-order valence-corrected chi connectivity index (χ3v) is 5.23. The minimum Gasteiger partial charge on any atom is -0.496 e. The highest BCUT2D eigenvalue weighted by Gasteiger charge is 2.35. The quantitative estimate of drug-likeness (QED) is 0.765. The van der Waals surface area contributed by atoms with Gasteiger partial charge in [-0.15, -0.1) is 0 Å². The van der Waals surface area contributed by atoms with Crippen LogP contribution in [0.25, 0.3) is 0 Å². The SMILES string of the molecule is COc1cccc(OC)c1C(=O)N1CC(Oc2cc(C)n(C3CC3)c(=O)c2)C1. The molecule has 1 amide bonds. The van der Waals surface area contributed by atoms with Gasteiger partial charge < -0.3 is 23.7 Å². The molecule has 2 fully saturated rings. The van der Waals surface area contributed by atoms with Gasteiger partial charge in [0.05, 0.1) is 27.3 Å². The monoisotopic (exact) mass is 384 g/mol. The normalized spacial score (nSPS) is 16.5. The third kappa shape index (κ3) is 3.32. The van der Waals surface area contributed by atoms with E-state index >= 15 is 0 Å². The molecule has 1 saturated heterocycles. The van der Waals surface area contributed by atoms with Crippen LogP contribution in [0, 0.1) is 6.92 Å². The lowest BCUT2D eigenvalue weighted by molar-refractivity contribution is 0.0172. The number of carbonyl (C=O) groups is 1. The van der Waals surface area contributed by atoms with Crippen molar-refractivity contribution in [3.8, 4) is 17.2 Å². The van der Waals surface area contributed by atoms with E-state index in [0.29, 0.717) is 41.9 Å². The highest BCUT2D eigenvalue weighted by Crippen LogP contribution is 2.35. The molecule has 1 aliphatic carbocycles. The van der Waals surface area contributed by atoms with Crippen molar-refractivity contribution in [2.75, 3.05) is 27.3 Å². The minimum absolute atomic E-state index is 0.0245. The van der Waals surface area contributed by atoms with Crippen LogP contribution in [0.3, 0.4) is 0 Å². The smallest absolute Gasteiger partial charge is 0.261 e. The standard InChI is InChI=1S/C21H24N2O5/c1-13-9-15(10-19(24)23(13)14-7-8-14)28-16-11-22(12-16)21(25)20-17(26-2)5-4-6-18(20)27-3/h4-6,9-10,14,16H,7-8,11-12H2,1-3H3. The van der Waals surface area contributed by atoms with Crippen molar-refractivity contribution in [2.24, 2.45) is 0 Å². The van der Waals surface area contributed by atoms with Gasteiger partial charge in [-0.3, -0.25) is 9.59 Å². The summed E-state index contributed by atoms with van der Waals surface area (Å²) in [4.78, 5) is 26.9. The number of aromatic nitrogens is 1. The van der Waals surface area contributed by atoms with Crippen molar-refractivity contribution in [3.05, 3.63) is 51.9 Å². The second kappa shape index (κ2) is 7.22. The third-order valence-electron chi connectivity index (χ3n) is 5.23. The Bertz CT molecular complexity index is 936. The second-order valence-electron chi connectivity index (χ2n) is 7.26. The Balaban J connectivity index is 1.43. The maximum Gasteiger partial charge on any atom is 0.261 e. The number of hydrogen-bond acceptors (Lipinski definition) is 5. The van der Waals surface area contributed by atoms with Crippen molar-refractivity contribution < 1.29 is 19.0 Å². The van der Waals surface area contributed by atoms with Gasteiger partial charge in [0, 0.05) is 17.8 Å². The largest absolute Gasteiger partial charge is 0.496 e. The fraction of sp³-hybridized carbons (Fsp3) is 0.429. The van der Waals surface area contributed by atoms with Crippen LogP contribution in [-0.2, 0) is 0 Å². The summed E-state index contributed by atoms with van der Waals surface area (Å²) in [6.45, 7) is 2.83. The topological polar surface area (TPSA) is 70.0 Å². The van der Waals surface area contributed by atoms with E-state index in [9.17, 15) is 9.59 Å². The maximum absolute atomic E-state index is 12.9. The van der Waals surface area contributed by atoms with E-state index in [0.717, 1.165) is 18.5 Å². The number of rotatable bonds is 6. The summed E-state index contributed by atoms with van der Waals surface area (Å²) in [6.07, 6.45) is 1.99. The van der Waals surface area contributed by atoms with Gasteiger partial charge in [-0.2, -0.15) is 0 Å². The second-order valence-corrected chi connectivity index (χ2v) is 7.26. The first-order chi connectivity index (χ1) is 13.5. The van der Waals surface area contributed by atoms with Crippen LogP contribution in [0.2, 0.25) is 0 Å². The van der Waals surface area contributed by atoms with Crippen molar-refractivity contribution in [2.45, 2.75) is 31.9 Å². The van der Waals surface area contributed by atoms with Crippen molar-refractivity contribution in [3.63, 3.8) is 0 Å². The molecule has 2 aromatic rings. The van der Waals surface area contributed by atoms with Crippen molar-refractivity contribution in [1.82, 2.24) is 9.47 Å². The molecule has 4 rings (SSSR count). The average Bonchev–Trinajstić information content (AvgIpc) is 3.47. The van der Waals surface area contributed by atoms with Crippen LogP contribution in [0.4, 0.5) is 0 Å². The molecule has 148 valence electrons. The Labute approximate surface area is 163 Å². The van der Waals surface area contributed by atoms with Crippen LogP contribution >= 0.6 is 0 Å². The molecule has 0 spiro atoms. The first-order valence-electron chi connectivity index (χ1n) is 9.42. The maximum atomic E-state index is 12.9. The molecule has 28 heavy (non-hydrogen) atoms. The molecule has 0 unspecified atom stereocenters. The number of amides is 1. The molecule has 7 heteroatoms. The Hall–Kier alpha value is -2.96. The minimum atomic E-state index is -0.158. The number of likely N-dealkylation sites (tertiary alicyclic amines) is 1. The molecular formula is C21H24N2O5. The molecule has 2 heterocycles. The van der Waals surface area contributed by atoms with Crippen LogP contribution in [0.1, 0.15) is 34.9 Å². The number of methoxy groups -OCH3 is 2. The highest BCUT2D eigenvalue weighted by molar-refractivity contribution is 6.00. The lowest BCUT2D eigenvalue weighted by Crippen LogP contribution is -2.56. The molecule has 0 bridgehead atoms. The molecule has 0 atom stereocenters. The summed E-state index contributed by atoms with van der Waals surface area (Å²) in [5, 5.41) is 0. The highest BCUT2D eigenvalue weighted by atomic mass is 16.5. The zero-order valence-electron chi connectivity index (χ0n) is 16.3. The van der Waals surface area contributed by atoms with Gasteiger partial charge in [0.25, 0.3) is 11.5 Å². The fourth-order valence-electron chi connectivity index (χ4n) is 3.64. The molecule has 7 nitrogen and oxygen atoms in total. The molecule has 0 N–H and O–H groups in total. The van der Waals surface area contributed by atoms with Gasteiger partial charge in [-0.1, -0.05) is 6.07 Å². The summed E-state index contributed by atoms with van der Waals surface area (Å²) in [6, 6.07) is 9.03. The van der Waals surface area contributed by atoms with Crippen LogP contribution in [-0.4, -0.2) is 48.8 Å². The zero-order valence-corrected chi connectivity index (χ0v) is 16.3. The summed E-state index contributed by atoms with van der Waals surface area (Å²) < 4.78 is 18.4. The van der Waals surface area contributed by atoms with E-state index < -0.39 is 0 Å². The predicted molar refractivity (Wildman–Crippen MR) is 104 cm³/mol. The van der Waals surface area contributed by atoms with Crippen molar-refractivity contribution in [1.29, 1.82) is 0 Å². The van der Waals surface area contributed by atoms with E-state index in [1.165, 1.54) is 14.2 Å². The number of pyridine rings is 1. The number of nitrogens with zero attached hydrogens (tertiary/aromatic N) is 2. The first-order valence-corrected chi connectivity index (χ1v) is 9.42. The van der Waals surface area contributed by atoms with E-state index in [1.807, 2.05) is 17.6 Å². The molecule has 1 aromatic heterocycles. The molecule has 1 aromatic carbocycles. The Morgan fingerprint density at radius 3 is 2.25 bits per heavy atom. The van der Waals surface area contributed by atoms with E-state index in [2.05, 4.69) is 0 Å². The van der Waals surface area contributed by atoms with Gasteiger partial charge in [0.2, 0.25) is 0 Å². The van der Waals surface area contributed by atoms with Gasteiger partial charge in [0.1, 0.15) is 28.9 Å². The number of benzene rings is 1. The number of aryl methyl sites for hydroxylation is 1. The summed E-state index contributed by atoms with van der Waals surface area (Å²) in [7, 11) is 3.06. The van der Waals surface area contributed by atoms with Crippen LogP contribution < -0.4 is 19.8 Å². The van der Waals surface area contributed by atoms with Crippen LogP contribution in [0.15, 0.2) is 35.1 Å². The zero-order chi connectivity index (χ0) is 19.8. The van der Waals surface area contributed by atoms with Gasteiger partial charge in [-0.05, 0) is 38.0 Å². The van der Waals surface area contributed by atoms with E-state index in [1.54, 1.807) is 29.2 Å². The van der Waals surface area contributed by atoms with E-state index in [-0.39, 0.29) is 17.6 Å². The van der Waals surface area contributed by atoms with Gasteiger partial charge >= 0.3 is 0 Å². The first kappa shape index (κ1) is 18.4. The summed E-state index contributed by atoms with van der Waals surface area (Å²) in [5.74, 6) is 1.36. The number of ether oxygens (including phenoxy) is 3. The molecule has 1 saturated carbocycles. The van der Waals surface area contributed by atoms with Crippen molar-refractivity contribution >= 4 is 5.91 Å². The predicted octanol–water partition coefficient (Wildman–Crippen LogP) is 2.41. The Morgan fingerprint density at radius 1 is 1.07 bits per heavy atom. The van der Waals surface area contributed by atoms with Gasteiger partial charge in [-0.25, -0.2) is 0 Å². The van der Waals surface area contributed by atoms with Gasteiger partial charge in [0.15, 0.2) is 0 Å². The summed E-state index contributed by atoms with van der Waals surface area (Å²) in [5.41, 5.74) is 1.30. The number of hydrogen-bond donors (Lipinski definition) is 0. The molecule has 2 aliphatic rings. The van der Waals surface area contributed by atoms with E-state index in [4.69, 9.17) is 14.2 Å². The molecule has 1 aliphatic heterocycles. The Morgan fingerprint density at radius 2 is 1.71 bits per heavy atom. The fourth-order valence-corrected chi connectivity index (χ4v) is 3.64. The number of carbonyl (C=O) groups excluding carboxylic acids is 1. The van der Waals surface area contributed by atoms with Crippen LogP contribution in [0.5, 0.6) is 17.2 Å². The average molecular weight is 384 g/mol. The summed E-state index contributed by atoms with van der Waals surface area (Å²) >= 11 is 0. The Kier molecular flexibility index (Phi) is 4.75. The molecular weight excluding hydrogens is 360 g/mol.